The molecule has 0 atom stereocenters. The molecule has 6 nitrogen and oxygen atoms in total. The normalized spacial score (nSPS) is 12.9. The van der Waals surface area contributed by atoms with Gasteiger partial charge in [-0.2, -0.15) is 4.98 Å². The molecule has 0 N–H and O–H groups in total. The summed E-state index contributed by atoms with van der Waals surface area (Å²) in [5, 5.41) is 8.24. The maximum absolute atomic E-state index is 12.7. The number of carbonyl (C=O) groups is 1. The number of carbonyl (C=O) groups excluding carboxylic acids is 1. The van der Waals surface area contributed by atoms with E-state index >= 15 is 0 Å². The number of hydrogen-bond acceptors (Lipinski definition) is 5. The van der Waals surface area contributed by atoms with Crippen LogP contribution in [0.2, 0.25) is 0 Å². The summed E-state index contributed by atoms with van der Waals surface area (Å²) in [4.78, 5) is 21.3. The second-order valence-electron chi connectivity index (χ2n) is 5.44. The third kappa shape index (κ3) is 1.34. The Morgan fingerprint density at radius 3 is 2.29 bits per heavy atom. The van der Waals surface area contributed by atoms with Crippen LogP contribution in [0.4, 0.5) is 0 Å². The molecule has 21 heavy (non-hydrogen) atoms. The molecule has 104 valence electrons. The number of aromatic nitrogens is 5. The van der Waals surface area contributed by atoms with Crippen molar-refractivity contribution in [2.24, 2.45) is 0 Å². The Bertz CT molecular complexity index is 955. The van der Waals surface area contributed by atoms with E-state index in [0.29, 0.717) is 17.2 Å². The summed E-state index contributed by atoms with van der Waals surface area (Å²) in [6.45, 7) is 8.12. The summed E-state index contributed by atoms with van der Waals surface area (Å²) in [5.74, 6) is 0.332. The first-order valence-electron chi connectivity index (χ1n) is 6.74. The van der Waals surface area contributed by atoms with Crippen LogP contribution in [0.25, 0.3) is 17.0 Å². The van der Waals surface area contributed by atoms with Crippen LogP contribution in [0, 0.1) is 27.7 Å². The van der Waals surface area contributed by atoms with E-state index in [0.717, 1.165) is 27.8 Å². The molecule has 0 spiro atoms. The van der Waals surface area contributed by atoms with Gasteiger partial charge in [-0.1, -0.05) is 0 Å². The molecule has 0 fully saturated rings. The van der Waals surface area contributed by atoms with Crippen molar-refractivity contribution >= 4 is 11.6 Å². The highest BCUT2D eigenvalue weighted by molar-refractivity contribution is 6.21. The minimum atomic E-state index is -0.0754. The minimum absolute atomic E-state index is 0.0754. The molecular formula is C15H13N5O. The average molecular weight is 279 g/mol. The SMILES string of the molecule is Cc1c(C)c(C)c2c(c1C)C(=O)c1nn3ncnc3nc1-2. The third-order valence-corrected chi connectivity index (χ3v) is 4.51. The van der Waals surface area contributed by atoms with Crippen molar-refractivity contribution in [1.82, 2.24) is 24.8 Å². The lowest BCUT2D eigenvalue weighted by molar-refractivity contribution is 0.103. The molecule has 1 aliphatic carbocycles. The first kappa shape index (κ1) is 12.1. The van der Waals surface area contributed by atoms with Crippen LogP contribution in [0.1, 0.15) is 38.3 Å². The number of rotatable bonds is 0. The molecule has 2 aromatic heterocycles. The van der Waals surface area contributed by atoms with Gasteiger partial charge in [-0.05, 0) is 49.9 Å². The van der Waals surface area contributed by atoms with E-state index in [9.17, 15) is 4.79 Å². The summed E-state index contributed by atoms with van der Waals surface area (Å²) in [6, 6.07) is 0. The lowest BCUT2D eigenvalue weighted by Crippen LogP contribution is -2.07. The highest BCUT2D eigenvalue weighted by Gasteiger charge is 2.35. The zero-order valence-electron chi connectivity index (χ0n) is 12.2. The van der Waals surface area contributed by atoms with Crippen molar-refractivity contribution in [1.29, 1.82) is 0 Å². The van der Waals surface area contributed by atoms with Gasteiger partial charge in [-0.3, -0.25) is 4.79 Å². The molecule has 0 aliphatic heterocycles. The minimum Gasteiger partial charge on any atom is -0.287 e. The van der Waals surface area contributed by atoms with E-state index in [2.05, 4.69) is 27.1 Å². The molecule has 1 aromatic carbocycles. The van der Waals surface area contributed by atoms with Gasteiger partial charge in [-0.15, -0.1) is 14.8 Å². The Hall–Kier alpha value is -2.63. The van der Waals surface area contributed by atoms with Crippen LogP contribution in [0.5, 0.6) is 0 Å². The van der Waals surface area contributed by atoms with Gasteiger partial charge >= 0.3 is 0 Å². The fourth-order valence-corrected chi connectivity index (χ4v) is 3.01. The molecule has 0 saturated heterocycles. The van der Waals surface area contributed by atoms with E-state index in [1.807, 2.05) is 20.8 Å². The summed E-state index contributed by atoms with van der Waals surface area (Å²) < 4.78 is 1.30. The van der Waals surface area contributed by atoms with E-state index in [1.54, 1.807) is 0 Å². The third-order valence-electron chi connectivity index (χ3n) is 4.51. The molecule has 4 rings (SSSR count). The number of fused-ring (bicyclic) bond motifs is 4. The molecule has 1 aliphatic rings. The Morgan fingerprint density at radius 2 is 1.57 bits per heavy atom. The van der Waals surface area contributed by atoms with Crippen molar-refractivity contribution in [2.45, 2.75) is 27.7 Å². The van der Waals surface area contributed by atoms with Crippen molar-refractivity contribution < 1.29 is 4.79 Å². The lowest BCUT2D eigenvalue weighted by Gasteiger charge is -2.14. The van der Waals surface area contributed by atoms with E-state index in [4.69, 9.17) is 0 Å². The Balaban J connectivity index is 2.19. The van der Waals surface area contributed by atoms with Crippen LogP contribution in [-0.4, -0.2) is 30.6 Å². The summed E-state index contributed by atoms with van der Waals surface area (Å²) in [6.07, 6.45) is 1.38. The van der Waals surface area contributed by atoms with Gasteiger partial charge in [0.2, 0.25) is 5.78 Å². The largest absolute Gasteiger partial charge is 0.287 e. The molecule has 6 heteroatoms. The number of hydrogen-bond donors (Lipinski definition) is 0. The molecule has 0 bridgehead atoms. The van der Waals surface area contributed by atoms with E-state index < -0.39 is 0 Å². The fraction of sp³-hybridized carbons (Fsp3) is 0.267. The van der Waals surface area contributed by atoms with Crippen LogP contribution >= 0.6 is 0 Å². The fourth-order valence-electron chi connectivity index (χ4n) is 3.01. The van der Waals surface area contributed by atoms with Crippen LogP contribution in [-0.2, 0) is 0 Å². The monoisotopic (exact) mass is 279 g/mol. The van der Waals surface area contributed by atoms with Gasteiger partial charge in [0.1, 0.15) is 12.0 Å². The van der Waals surface area contributed by atoms with Crippen molar-refractivity contribution in [2.75, 3.05) is 0 Å². The van der Waals surface area contributed by atoms with Crippen molar-refractivity contribution in [3.8, 4) is 11.3 Å². The van der Waals surface area contributed by atoms with Crippen LogP contribution < -0.4 is 0 Å². The molecular weight excluding hydrogens is 266 g/mol. The van der Waals surface area contributed by atoms with Gasteiger partial charge in [0.15, 0.2) is 5.69 Å². The zero-order chi connectivity index (χ0) is 14.9. The lowest BCUT2D eigenvalue weighted by atomic mass is 9.90. The number of benzene rings is 1. The van der Waals surface area contributed by atoms with Gasteiger partial charge in [0.05, 0.1) is 0 Å². The van der Waals surface area contributed by atoms with Gasteiger partial charge < -0.3 is 0 Å². The predicted molar refractivity (Wildman–Crippen MR) is 76.4 cm³/mol. The quantitative estimate of drug-likeness (QED) is 0.492. The summed E-state index contributed by atoms with van der Waals surface area (Å²) in [7, 11) is 0. The number of ketones is 1. The van der Waals surface area contributed by atoms with E-state index in [1.165, 1.54) is 16.5 Å². The molecule has 0 unspecified atom stereocenters. The Kier molecular flexibility index (Phi) is 2.15. The smallest absolute Gasteiger partial charge is 0.270 e. The second kappa shape index (κ2) is 3.72. The van der Waals surface area contributed by atoms with Gasteiger partial charge in [0, 0.05) is 11.1 Å². The average Bonchev–Trinajstić information content (AvgIpc) is 3.03. The first-order valence-corrected chi connectivity index (χ1v) is 6.74. The maximum Gasteiger partial charge on any atom is 0.270 e. The highest BCUT2D eigenvalue weighted by atomic mass is 16.1. The highest BCUT2D eigenvalue weighted by Crippen LogP contribution is 2.41. The van der Waals surface area contributed by atoms with Gasteiger partial charge in [-0.25, -0.2) is 4.98 Å². The molecule has 2 heterocycles. The van der Waals surface area contributed by atoms with Crippen molar-refractivity contribution in [3.05, 3.63) is 39.8 Å². The molecule has 0 saturated carbocycles. The zero-order valence-corrected chi connectivity index (χ0v) is 12.2. The summed E-state index contributed by atoms with van der Waals surface area (Å²) in [5.41, 5.74) is 7.03. The molecule has 3 aromatic rings. The first-order chi connectivity index (χ1) is 10.0. The number of nitrogens with zero attached hydrogens (tertiary/aromatic N) is 5. The standard InChI is InChI=1S/C15H13N5O/c1-6-7(2)9(4)11-10(8(6)3)12-13(14(11)21)19-20-15(18-12)16-5-17-20/h5H,1-4H3. The van der Waals surface area contributed by atoms with Crippen LogP contribution in [0.3, 0.4) is 0 Å². The summed E-state index contributed by atoms with van der Waals surface area (Å²) >= 11 is 0. The Labute approximate surface area is 120 Å². The predicted octanol–water partition coefficient (Wildman–Crippen LogP) is 1.96. The van der Waals surface area contributed by atoms with E-state index in [-0.39, 0.29) is 5.78 Å². The van der Waals surface area contributed by atoms with Gasteiger partial charge in [0.25, 0.3) is 5.78 Å². The Morgan fingerprint density at radius 1 is 0.905 bits per heavy atom. The topological polar surface area (TPSA) is 73.0 Å². The van der Waals surface area contributed by atoms with Crippen molar-refractivity contribution in [3.63, 3.8) is 0 Å². The molecule has 0 amide bonds. The molecule has 0 radical (unpaired) electrons. The maximum atomic E-state index is 12.7. The second-order valence-corrected chi connectivity index (χ2v) is 5.44. The van der Waals surface area contributed by atoms with Crippen LogP contribution in [0.15, 0.2) is 6.33 Å².